The number of fused-ring (bicyclic) bond motifs is 1. The molecule has 6 rings (SSSR count). The molecule has 0 bridgehead atoms. The van der Waals surface area contributed by atoms with Crippen molar-refractivity contribution in [3.8, 4) is 28.3 Å². The van der Waals surface area contributed by atoms with Gasteiger partial charge in [-0.05, 0) is 42.0 Å². The molecule has 0 saturated heterocycles. The van der Waals surface area contributed by atoms with Crippen LogP contribution < -0.4 is 0 Å². The molecule has 0 amide bonds. The molecular formula is C29H21BrN4. The Bertz CT molecular complexity index is 1570. The lowest BCUT2D eigenvalue weighted by atomic mass is 10.1. The summed E-state index contributed by atoms with van der Waals surface area (Å²) in [6, 6.07) is 37.3. The topological polar surface area (TPSA) is 35.6 Å². The molecular weight excluding hydrogens is 484 g/mol. The highest BCUT2D eigenvalue weighted by Crippen LogP contribution is 2.34. The lowest BCUT2D eigenvalue weighted by molar-refractivity contribution is 0.834. The number of hydrogen-bond donors (Lipinski definition) is 0. The van der Waals surface area contributed by atoms with E-state index in [2.05, 4.69) is 93.4 Å². The third kappa shape index (κ3) is 3.84. The van der Waals surface area contributed by atoms with Crippen LogP contribution in [-0.4, -0.2) is 19.3 Å². The number of benzene rings is 4. The summed E-state index contributed by atoms with van der Waals surface area (Å²) in [5.74, 6) is 0.908. The van der Waals surface area contributed by atoms with Gasteiger partial charge in [-0.15, -0.1) is 0 Å². The summed E-state index contributed by atoms with van der Waals surface area (Å²) < 4.78 is 5.27. The highest BCUT2D eigenvalue weighted by molar-refractivity contribution is 9.10. The van der Waals surface area contributed by atoms with Gasteiger partial charge in [-0.2, -0.15) is 5.10 Å². The van der Waals surface area contributed by atoms with Crippen molar-refractivity contribution >= 4 is 27.0 Å². The summed E-state index contributed by atoms with van der Waals surface area (Å²) in [5, 5.41) is 5.02. The predicted molar refractivity (Wildman–Crippen MR) is 141 cm³/mol. The molecule has 2 heterocycles. The first-order chi connectivity index (χ1) is 16.8. The highest BCUT2D eigenvalue weighted by Gasteiger charge is 2.21. The van der Waals surface area contributed by atoms with E-state index in [0.29, 0.717) is 0 Å². The normalized spacial score (nSPS) is 11.2. The molecule has 0 aliphatic rings. The molecule has 5 heteroatoms. The van der Waals surface area contributed by atoms with Crippen molar-refractivity contribution < 1.29 is 0 Å². The first-order valence-electron chi connectivity index (χ1n) is 11.2. The zero-order valence-corrected chi connectivity index (χ0v) is 19.9. The molecule has 0 saturated carbocycles. The van der Waals surface area contributed by atoms with E-state index in [-0.39, 0.29) is 0 Å². The number of aromatic nitrogens is 4. The van der Waals surface area contributed by atoms with Gasteiger partial charge >= 0.3 is 0 Å². The zero-order valence-electron chi connectivity index (χ0n) is 18.3. The van der Waals surface area contributed by atoms with Crippen LogP contribution in [0.2, 0.25) is 0 Å². The number of hydrogen-bond acceptors (Lipinski definition) is 2. The minimum Gasteiger partial charge on any atom is -0.319 e. The van der Waals surface area contributed by atoms with Crippen molar-refractivity contribution in [3.63, 3.8) is 0 Å². The largest absolute Gasteiger partial charge is 0.319 e. The Morgan fingerprint density at radius 1 is 0.706 bits per heavy atom. The first-order valence-corrected chi connectivity index (χ1v) is 12.0. The Hall–Kier alpha value is -3.96. The van der Waals surface area contributed by atoms with Gasteiger partial charge in [0.1, 0.15) is 11.5 Å². The maximum Gasteiger partial charge on any atom is 0.145 e. The molecule has 164 valence electrons. The standard InChI is InChI=1S/C29H21BrN4/c30-23-17-15-22(16-18-23)28-25(20-34(32-28)24-11-5-2-6-12-24)29-31-26-13-7-8-14-27(26)33(29)19-21-9-3-1-4-10-21/h1-18,20H,19H2. The fourth-order valence-corrected chi connectivity index (χ4v) is 4.54. The van der Waals surface area contributed by atoms with Crippen molar-refractivity contribution in [3.05, 3.63) is 125 Å². The summed E-state index contributed by atoms with van der Waals surface area (Å²) in [4.78, 5) is 5.09. The minimum absolute atomic E-state index is 0.729. The molecule has 0 radical (unpaired) electrons. The number of imidazole rings is 1. The molecule has 0 fully saturated rings. The van der Waals surface area contributed by atoms with Crippen LogP contribution in [-0.2, 0) is 6.54 Å². The Morgan fingerprint density at radius 3 is 2.15 bits per heavy atom. The van der Waals surface area contributed by atoms with Crippen molar-refractivity contribution in [1.82, 2.24) is 19.3 Å². The lowest BCUT2D eigenvalue weighted by Gasteiger charge is -2.10. The minimum atomic E-state index is 0.729. The second-order valence-corrected chi connectivity index (χ2v) is 9.09. The summed E-state index contributed by atoms with van der Waals surface area (Å²) >= 11 is 3.55. The fraction of sp³-hybridized carbons (Fsp3) is 0.0345. The summed E-state index contributed by atoms with van der Waals surface area (Å²) in [7, 11) is 0. The SMILES string of the molecule is Brc1ccc(-c2nn(-c3ccccc3)cc2-c2nc3ccccc3n2Cc2ccccc2)cc1. The molecule has 6 aromatic rings. The van der Waals surface area contributed by atoms with Crippen molar-refractivity contribution in [2.75, 3.05) is 0 Å². The van der Waals surface area contributed by atoms with E-state index in [1.165, 1.54) is 5.56 Å². The van der Waals surface area contributed by atoms with Gasteiger partial charge in [0, 0.05) is 22.8 Å². The Balaban J connectivity index is 1.59. The van der Waals surface area contributed by atoms with E-state index >= 15 is 0 Å². The summed E-state index contributed by atoms with van der Waals surface area (Å²) in [6.45, 7) is 0.729. The Labute approximate surface area is 206 Å². The molecule has 0 aliphatic heterocycles. The van der Waals surface area contributed by atoms with Gasteiger partial charge in [0.05, 0.1) is 22.3 Å². The van der Waals surface area contributed by atoms with Gasteiger partial charge < -0.3 is 4.57 Å². The monoisotopic (exact) mass is 504 g/mol. The number of nitrogens with zero attached hydrogens (tertiary/aromatic N) is 4. The Morgan fingerprint density at radius 2 is 1.38 bits per heavy atom. The molecule has 0 aliphatic carbocycles. The van der Waals surface area contributed by atoms with E-state index in [9.17, 15) is 0 Å². The van der Waals surface area contributed by atoms with Crippen LogP contribution >= 0.6 is 15.9 Å². The number of para-hydroxylation sites is 3. The van der Waals surface area contributed by atoms with E-state index < -0.39 is 0 Å². The van der Waals surface area contributed by atoms with Crippen molar-refractivity contribution in [1.29, 1.82) is 0 Å². The molecule has 0 spiro atoms. The quantitative estimate of drug-likeness (QED) is 0.245. The molecule has 4 aromatic carbocycles. The van der Waals surface area contributed by atoms with Gasteiger partial charge in [-0.25, -0.2) is 9.67 Å². The summed E-state index contributed by atoms with van der Waals surface area (Å²) in [6.07, 6.45) is 2.09. The van der Waals surface area contributed by atoms with E-state index in [0.717, 1.165) is 50.4 Å². The third-order valence-electron chi connectivity index (χ3n) is 5.93. The second-order valence-electron chi connectivity index (χ2n) is 8.17. The van der Waals surface area contributed by atoms with E-state index in [4.69, 9.17) is 10.1 Å². The van der Waals surface area contributed by atoms with Crippen LogP contribution in [0.5, 0.6) is 0 Å². The fourth-order valence-electron chi connectivity index (χ4n) is 4.28. The van der Waals surface area contributed by atoms with Gasteiger partial charge in [-0.3, -0.25) is 0 Å². The second kappa shape index (κ2) is 8.76. The van der Waals surface area contributed by atoms with E-state index in [1.807, 2.05) is 47.1 Å². The maximum absolute atomic E-state index is 5.09. The first kappa shape index (κ1) is 20.6. The Kier molecular flexibility index (Phi) is 5.32. The van der Waals surface area contributed by atoms with Crippen molar-refractivity contribution in [2.24, 2.45) is 0 Å². The highest BCUT2D eigenvalue weighted by atomic mass is 79.9. The molecule has 4 nitrogen and oxygen atoms in total. The lowest BCUT2D eigenvalue weighted by Crippen LogP contribution is -2.02. The zero-order chi connectivity index (χ0) is 22.9. The van der Waals surface area contributed by atoms with Gasteiger partial charge in [-0.1, -0.05) is 88.7 Å². The summed E-state index contributed by atoms with van der Waals surface area (Å²) in [5.41, 5.74) is 7.27. The number of rotatable bonds is 5. The molecule has 2 aromatic heterocycles. The van der Waals surface area contributed by atoms with Crippen LogP contribution in [0.15, 0.2) is 120 Å². The maximum atomic E-state index is 5.09. The molecule has 34 heavy (non-hydrogen) atoms. The smallest absolute Gasteiger partial charge is 0.145 e. The predicted octanol–water partition coefficient (Wildman–Crippen LogP) is 7.37. The molecule has 0 unspecified atom stereocenters. The van der Waals surface area contributed by atoms with Crippen LogP contribution in [0.25, 0.3) is 39.4 Å². The van der Waals surface area contributed by atoms with Gasteiger partial charge in [0.2, 0.25) is 0 Å². The third-order valence-corrected chi connectivity index (χ3v) is 6.46. The van der Waals surface area contributed by atoms with Crippen LogP contribution in [0.4, 0.5) is 0 Å². The van der Waals surface area contributed by atoms with Crippen molar-refractivity contribution in [2.45, 2.75) is 6.54 Å². The average Bonchev–Trinajstić information content (AvgIpc) is 3.48. The molecule has 0 N–H and O–H groups in total. The van der Waals surface area contributed by atoms with E-state index in [1.54, 1.807) is 0 Å². The van der Waals surface area contributed by atoms with Crippen LogP contribution in [0, 0.1) is 0 Å². The van der Waals surface area contributed by atoms with Gasteiger partial charge in [0.15, 0.2) is 0 Å². The van der Waals surface area contributed by atoms with Crippen LogP contribution in [0.1, 0.15) is 5.56 Å². The molecule has 0 atom stereocenters. The van der Waals surface area contributed by atoms with Gasteiger partial charge in [0.25, 0.3) is 0 Å². The van der Waals surface area contributed by atoms with Crippen LogP contribution in [0.3, 0.4) is 0 Å². The average molecular weight is 505 g/mol. The number of halogens is 1.